The minimum Gasteiger partial charge on any atom is -0.450 e. The lowest BCUT2D eigenvalue weighted by atomic mass is 9.86. The zero-order valence-electron chi connectivity index (χ0n) is 12.3. The fourth-order valence-corrected chi connectivity index (χ4v) is 1.89. The van der Waals surface area contributed by atoms with Gasteiger partial charge in [-0.05, 0) is 12.3 Å². The number of rotatable bonds is 2. The quantitative estimate of drug-likeness (QED) is 0.800. The average Bonchev–Trinajstić information content (AvgIpc) is 2.36. The zero-order valence-corrected chi connectivity index (χ0v) is 12.3. The van der Waals surface area contributed by atoms with Crippen LogP contribution < -0.4 is 5.73 Å². The van der Waals surface area contributed by atoms with E-state index in [1.807, 2.05) is 20.8 Å². The molecule has 1 rings (SSSR count). The number of hydrogen-bond acceptors (Lipinski definition) is 4. The molecule has 1 atom stereocenters. The molecule has 6 nitrogen and oxygen atoms in total. The van der Waals surface area contributed by atoms with Crippen LogP contribution in [-0.2, 0) is 9.53 Å². The van der Waals surface area contributed by atoms with Crippen LogP contribution in [0.1, 0.15) is 27.7 Å². The molecular formula is C13H25N3O3. The number of hydrogen-bond donors (Lipinski definition) is 1. The first-order valence-electron chi connectivity index (χ1n) is 6.73. The van der Waals surface area contributed by atoms with Crippen LogP contribution in [-0.4, -0.2) is 60.6 Å². The van der Waals surface area contributed by atoms with Crippen molar-refractivity contribution in [3.63, 3.8) is 0 Å². The lowest BCUT2D eigenvalue weighted by Gasteiger charge is -2.37. The van der Waals surface area contributed by atoms with Crippen molar-refractivity contribution in [2.75, 3.05) is 32.8 Å². The van der Waals surface area contributed by atoms with E-state index >= 15 is 0 Å². The van der Waals surface area contributed by atoms with Gasteiger partial charge in [0, 0.05) is 26.2 Å². The maximum atomic E-state index is 12.2. The fraction of sp³-hybridized carbons (Fsp3) is 0.846. The van der Waals surface area contributed by atoms with Crippen molar-refractivity contribution in [3.8, 4) is 0 Å². The number of ether oxygens (including phenoxy) is 1. The largest absolute Gasteiger partial charge is 0.450 e. The molecule has 1 aliphatic rings. The van der Waals surface area contributed by atoms with Gasteiger partial charge >= 0.3 is 6.09 Å². The number of nitrogens with two attached hydrogens (primary N) is 1. The van der Waals surface area contributed by atoms with Crippen molar-refractivity contribution in [1.29, 1.82) is 0 Å². The average molecular weight is 271 g/mol. The Morgan fingerprint density at radius 2 is 1.63 bits per heavy atom. The molecule has 19 heavy (non-hydrogen) atoms. The van der Waals surface area contributed by atoms with Crippen LogP contribution >= 0.6 is 0 Å². The molecule has 0 aromatic rings. The van der Waals surface area contributed by atoms with Crippen LogP contribution in [0.25, 0.3) is 0 Å². The topological polar surface area (TPSA) is 75.9 Å². The summed E-state index contributed by atoms with van der Waals surface area (Å²) in [5.74, 6) is -0.0454. The molecule has 0 aromatic heterocycles. The second-order valence-electron chi connectivity index (χ2n) is 5.85. The third-order valence-electron chi connectivity index (χ3n) is 3.32. The number of amides is 2. The van der Waals surface area contributed by atoms with E-state index in [0.29, 0.717) is 32.8 Å². The van der Waals surface area contributed by atoms with Crippen LogP contribution in [0.15, 0.2) is 0 Å². The van der Waals surface area contributed by atoms with E-state index in [1.165, 1.54) is 0 Å². The molecule has 1 aliphatic heterocycles. The first kappa shape index (κ1) is 15.8. The van der Waals surface area contributed by atoms with Gasteiger partial charge in [-0.15, -0.1) is 0 Å². The van der Waals surface area contributed by atoms with Crippen molar-refractivity contribution >= 4 is 12.0 Å². The summed E-state index contributed by atoms with van der Waals surface area (Å²) in [5, 5.41) is 0. The maximum absolute atomic E-state index is 12.2. The molecule has 0 bridgehead atoms. The molecule has 110 valence electrons. The van der Waals surface area contributed by atoms with Gasteiger partial charge in [0.25, 0.3) is 0 Å². The molecular weight excluding hydrogens is 246 g/mol. The molecule has 1 saturated heterocycles. The summed E-state index contributed by atoms with van der Waals surface area (Å²) in [6.07, 6.45) is -0.310. The standard InChI is InChI=1S/C13H25N3O3/c1-5-19-12(18)16-8-6-15(7-9-16)11(17)10(14)13(2,3)4/h10H,5-9,14H2,1-4H3/t10-/m1/s1. The maximum Gasteiger partial charge on any atom is 0.409 e. The molecule has 2 amide bonds. The van der Waals surface area contributed by atoms with Crippen LogP contribution in [0.3, 0.4) is 0 Å². The lowest BCUT2D eigenvalue weighted by Crippen LogP contribution is -2.57. The minimum atomic E-state index is -0.512. The van der Waals surface area contributed by atoms with Crippen LogP contribution in [0.4, 0.5) is 4.79 Å². The predicted molar refractivity (Wildman–Crippen MR) is 72.6 cm³/mol. The van der Waals surface area contributed by atoms with Gasteiger partial charge in [0.15, 0.2) is 0 Å². The van der Waals surface area contributed by atoms with Crippen LogP contribution in [0, 0.1) is 5.41 Å². The molecule has 2 N–H and O–H groups in total. The van der Waals surface area contributed by atoms with E-state index in [2.05, 4.69) is 0 Å². The van der Waals surface area contributed by atoms with Gasteiger partial charge in [-0.1, -0.05) is 20.8 Å². The first-order chi connectivity index (χ1) is 8.77. The van der Waals surface area contributed by atoms with E-state index in [4.69, 9.17) is 10.5 Å². The van der Waals surface area contributed by atoms with Crippen LogP contribution in [0.2, 0.25) is 0 Å². The van der Waals surface area contributed by atoms with Crippen molar-refractivity contribution in [2.45, 2.75) is 33.7 Å². The summed E-state index contributed by atoms with van der Waals surface area (Å²) in [5.41, 5.74) is 5.72. The van der Waals surface area contributed by atoms with Crippen molar-refractivity contribution in [2.24, 2.45) is 11.1 Å². The third-order valence-corrected chi connectivity index (χ3v) is 3.32. The van der Waals surface area contributed by atoms with E-state index in [-0.39, 0.29) is 17.4 Å². The first-order valence-corrected chi connectivity index (χ1v) is 6.73. The van der Waals surface area contributed by atoms with Crippen LogP contribution in [0.5, 0.6) is 0 Å². The highest BCUT2D eigenvalue weighted by molar-refractivity contribution is 5.82. The zero-order chi connectivity index (χ0) is 14.6. The van der Waals surface area contributed by atoms with E-state index < -0.39 is 6.04 Å². The highest BCUT2D eigenvalue weighted by Gasteiger charge is 2.33. The SMILES string of the molecule is CCOC(=O)N1CCN(C(=O)[C@@H](N)C(C)(C)C)CC1. The second kappa shape index (κ2) is 6.23. The summed E-state index contributed by atoms with van der Waals surface area (Å²) < 4.78 is 4.94. The van der Waals surface area contributed by atoms with Gasteiger partial charge in [0.1, 0.15) is 0 Å². The lowest BCUT2D eigenvalue weighted by molar-refractivity contribution is -0.136. The monoisotopic (exact) mass is 271 g/mol. The minimum absolute atomic E-state index is 0.0454. The number of piperazine rings is 1. The van der Waals surface area contributed by atoms with Gasteiger partial charge < -0.3 is 20.3 Å². The molecule has 1 heterocycles. The Labute approximate surface area is 114 Å². The van der Waals surface area contributed by atoms with E-state index in [9.17, 15) is 9.59 Å². The van der Waals surface area contributed by atoms with Crippen molar-refractivity contribution in [3.05, 3.63) is 0 Å². The Morgan fingerprint density at radius 1 is 1.16 bits per heavy atom. The summed E-state index contributed by atoms with van der Waals surface area (Å²) in [6.45, 7) is 10.0. The van der Waals surface area contributed by atoms with Gasteiger partial charge in [-0.25, -0.2) is 4.79 Å². The Balaban J connectivity index is 2.50. The molecule has 0 aromatic carbocycles. The number of nitrogens with zero attached hydrogens (tertiary/aromatic N) is 2. The van der Waals surface area contributed by atoms with E-state index in [0.717, 1.165) is 0 Å². The van der Waals surface area contributed by atoms with Crippen molar-refractivity contribution < 1.29 is 14.3 Å². The fourth-order valence-electron chi connectivity index (χ4n) is 1.89. The normalized spacial score (nSPS) is 18.2. The summed E-state index contributed by atoms with van der Waals surface area (Å²) in [4.78, 5) is 27.1. The molecule has 0 saturated carbocycles. The predicted octanol–water partition coefficient (Wildman–Crippen LogP) is 0.661. The summed E-state index contributed by atoms with van der Waals surface area (Å²) in [6, 6.07) is -0.512. The third kappa shape index (κ3) is 4.09. The van der Waals surface area contributed by atoms with Gasteiger partial charge in [0.05, 0.1) is 12.6 Å². The van der Waals surface area contributed by atoms with E-state index in [1.54, 1.807) is 16.7 Å². The Kier molecular flexibility index (Phi) is 5.17. The second-order valence-corrected chi connectivity index (χ2v) is 5.85. The summed E-state index contributed by atoms with van der Waals surface area (Å²) in [7, 11) is 0. The highest BCUT2D eigenvalue weighted by atomic mass is 16.6. The molecule has 1 fully saturated rings. The van der Waals surface area contributed by atoms with Gasteiger partial charge in [-0.3, -0.25) is 4.79 Å². The molecule has 0 spiro atoms. The van der Waals surface area contributed by atoms with Gasteiger partial charge in [-0.2, -0.15) is 0 Å². The smallest absolute Gasteiger partial charge is 0.409 e. The highest BCUT2D eigenvalue weighted by Crippen LogP contribution is 2.19. The van der Waals surface area contributed by atoms with Gasteiger partial charge in [0.2, 0.25) is 5.91 Å². The molecule has 0 aliphatic carbocycles. The molecule has 6 heteroatoms. The number of carbonyl (C=O) groups is 2. The Hall–Kier alpha value is -1.30. The Morgan fingerprint density at radius 3 is 2.05 bits per heavy atom. The summed E-state index contributed by atoms with van der Waals surface area (Å²) >= 11 is 0. The molecule has 0 radical (unpaired) electrons. The number of carbonyl (C=O) groups excluding carboxylic acids is 2. The van der Waals surface area contributed by atoms with Crippen molar-refractivity contribution in [1.82, 2.24) is 9.80 Å². The molecule has 0 unspecified atom stereocenters. The Bertz CT molecular complexity index is 331.